The Kier molecular flexibility index (Phi) is 2.60. The van der Waals surface area contributed by atoms with Gasteiger partial charge in [-0.05, 0) is 30.3 Å². The summed E-state index contributed by atoms with van der Waals surface area (Å²) in [4.78, 5) is 14.9. The number of hydrogen-bond acceptors (Lipinski definition) is 4. The standard InChI is InChI=1S/C13H9N3O3/c17-13(18)9-1-3-10(4-2-9)19-12-11-5-6-15-16(11)8-7-14-12/h1-8H,(H,17,18). The molecule has 0 spiro atoms. The second-order valence-corrected chi connectivity index (χ2v) is 3.83. The molecule has 3 rings (SSSR count). The summed E-state index contributed by atoms with van der Waals surface area (Å²) < 4.78 is 7.27. The van der Waals surface area contributed by atoms with Gasteiger partial charge in [-0.2, -0.15) is 5.10 Å². The van der Waals surface area contributed by atoms with Crippen LogP contribution in [0.2, 0.25) is 0 Å². The van der Waals surface area contributed by atoms with Crippen molar-refractivity contribution in [1.29, 1.82) is 0 Å². The van der Waals surface area contributed by atoms with E-state index in [4.69, 9.17) is 9.84 Å². The highest BCUT2D eigenvalue weighted by atomic mass is 16.5. The van der Waals surface area contributed by atoms with E-state index in [9.17, 15) is 4.79 Å². The number of carbonyl (C=O) groups is 1. The average molecular weight is 255 g/mol. The number of aromatic nitrogens is 3. The van der Waals surface area contributed by atoms with Crippen LogP contribution >= 0.6 is 0 Å². The summed E-state index contributed by atoms with van der Waals surface area (Å²) in [6.45, 7) is 0. The zero-order valence-corrected chi connectivity index (χ0v) is 9.72. The van der Waals surface area contributed by atoms with Crippen molar-refractivity contribution in [3.8, 4) is 11.6 Å². The highest BCUT2D eigenvalue weighted by Gasteiger charge is 2.07. The van der Waals surface area contributed by atoms with Crippen LogP contribution in [-0.4, -0.2) is 25.7 Å². The Balaban J connectivity index is 1.92. The largest absolute Gasteiger partial charge is 0.478 e. The number of nitrogens with zero attached hydrogens (tertiary/aromatic N) is 3. The van der Waals surface area contributed by atoms with Crippen LogP contribution in [-0.2, 0) is 0 Å². The lowest BCUT2D eigenvalue weighted by Crippen LogP contribution is -1.96. The van der Waals surface area contributed by atoms with E-state index in [1.807, 2.05) is 0 Å². The molecule has 0 aliphatic rings. The Labute approximate surface area is 107 Å². The molecule has 0 unspecified atom stereocenters. The highest BCUT2D eigenvalue weighted by Crippen LogP contribution is 2.23. The van der Waals surface area contributed by atoms with E-state index in [-0.39, 0.29) is 5.56 Å². The van der Waals surface area contributed by atoms with Crippen LogP contribution in [0.1, 0.15) is 10.4 Å². The lowest BCUT2D eigenvalue weighted by Gasteiger charge is -2.06. The first-order chi connectivity index (χ1) is 9.24. The first-order valence-corrected chi connectivity index (χ1v) is 5.53. The fraction of sp³-hybridized carbons (Fsp3) is 0. The first-order valence-electron chi connectivity index (χ1n) is 5.53. The van der Waals surface area contributed by atoms with Gasteiger partial charge in [-0.15, -0.1) is 0 Å². The van der Waals surface area contributed by atoms with Gasteiger partial charge in [0.2, 0.25) is 5.88 Å². The molecule has 0 bridgehead atoms. The summed E-state index contributed by atoms with van der Waals surface area (Å²) in [7, 11) is 0. The lowest BCUT2D eigenvalue weighted by atomic mass is 10.2. The molecular formula is C13H9N3O3. The van der Waals surface area contributed by atoms with Crippen LogP contribution in [0.25, 0.3) is 5.52 Å². The Morgan fingerprint density at radius 2 is 1.95 bits per heavy atom. The maximum atomic E-state index is 10.7. The zero-order valence-electron chi connectivity index (χ0n) is 9.72. The molecule has 1 N–H and O–H groups in total. The van der Waals surface area contributed by atoms with Crippen molar-refractivity contribution in [2.45, 2.75) is 0 Å². The molecule has 0 amide bonds. The lowest BCUT2D eigenvalue weighted by molar-refractivity contribution is 0.0697. The summed E-state index contributed by atoms with van der Waals surface area (Å²) in [5.74, 6) is -0.0301. The van der Waals surface area contributed by atoms with Gasteiger partial charge in [0.05, 0.1) is 11.8 Å². The SMILES string of the molecule is O=C(O)c1ccc(Oc2nccn3nccc23)cc1. The van der Waals surface area contributed by atoms with Crippen molar-refractivity contribution in [3.63, 3.8) is 0 Å². The summed E-state index contributed by atoms with van der Waals surface area (Å²) in [5.41, 5.74) is 0.952. The van der Waals surface area contributed by atoms with E-state index < -0.39 is 5.97 Å². The molecule has 6 nitrogen and oxygen atoms in total. The second-order valence-electron chi connectivity index (χ2n) is 3.83. The third-order valence-corrected chi connectivity index (χ3v) is 2.60. The van der Waals surface area contributed by atoms with Crippen molar-refractivity contribution in [2.75, 3.05) is 0 Å². The molecule has 0 saturated heterocycles. The van der Waals surface area contributed by atoms with Crippen molar-refractivity contribution < 1.29 is 14.6 Å². The summed E-state index contributed by atoms with van der Waals surface area (Å²) in [5, 5.41) is 12.9. The minimum Gasteiger partial charge on any atom is -0.478 e. The Morgan fingerprint density at radius 3 is 2.68 bits per heavy atom. The predicted octanol–water partition coefficient (Wildman–Crippen LogP) is 2.22. The van der Waals surface area contributed by atoms with E-state index >= 15 is 0 Å². The Hall–Kier alpha value is -2.89. The third kappa shape index (κ3) is 2.11. The van der Waals surface area contributed by atoms with E-state index in [1.54, 1.807) is 41.3 Å². The molecule has 0 fully saturated rings. The topological polar surface area (TPSA) is 76.7 Å². The number of carboxylic acids is 1. The van der Waals surface area contributed by atoms with Crippen molar-refractivity contribution >= 4 is 11.5 Å². The number of benzene rings is 1. The van der Waals surface area contributed by atoms with Crippen LogP contribution < -0.4 is 4.74 Å². The monoisotopic (exact) mass is 255 g/mol. The van der Waals surface area contributed by atoms with Gasteiger partial charge in [-0.25, -0.2) is 14.3 Å². The first kappa shape index (κ1) is 11.2. The molecule has 0 saturated carbocycles. The maximum absolute atomic E-state index is 10.7. The quantitative estimate of drug-likeness (QED) is 0.776. The second kappa shape index (κ2) is 4.41. The smallest absolute Gasteiger partial charge is 0.335 e. The normalized spacial score (nSPS) is 10.5. The minimum atomic E-state index is -0.970. The van der Waals surface area contributed by atoms with Gasteiger partial charge >= 0.3 is 5.97 Å². The Morgan fingerprint density at radius 1 is 1.16 bits per heavy atom. The highest BCUT2D eigenvalue weighted by molar-refractivity contribution is 5.87. The summed E-state index contributed by atoms with van der Waals surface area (Å²) in [6, 6.07) is 7.92. The number of carboxylic acid groups (broad SMARTS) is 1. The molecule has 0 aliphatic heterocycles. The molecule has 3 aromatic rings. The van der Waals surface area contributed by atoms with E-state index in [2.05, 4.69) is 10.1 Å². The number of rotatable bonds is 3. The molecule has 0 radical (unpaired) electrons. The van der Waals surface area contributed by atoms with Crippen LogP contribution in [0.4, 0.5) is 0 Å². The molecule has 0 atom stereocenters. The zero-order chi connectivity index (χ0) is 13.2. The van der Waals surface area contributed by atoms with Gasteiger partial charge in [0.25, 0.3) is 0 Å². The minimum absolute atomic E-state index is 0.211. The van der Waals surface area contributed by atoms with E-state index in [0.29, 0.717) is 11.6 Å². The van der Waals surface area contributed by atoms with Crippen molar-refractivity contribution in [2.24, 2.45) is 0 Å². The third-order valence-electron chi connectivity index (χ3n) is 2.60. The van der Waals surface area contributed by atoms with Crippen molar-refractivity contribution in [3.05, 3.63) is 54.5 Å². The van der Waals surface area contributed by atoms with Crippen LogP contribution in [0.15, 0.2) is 48.9 Å². The van der Waals surface area contributed by atoms with Gasteiger partial charge in [0.1, 0.15) is 11.3 Å². The molecule has 1 aromatic carbocycles. The summed E-state index contributed by atoms with van der Waals surface area (Å²) >= 11 is 0. The molecule has 2 heterocycles. The molecular weight excluding hydrogens is 246 g/mol. The molecule has 94 valence electrons. The number of aromatic carboxylic acids is 1. The molecule has 19 heavy (non-hydrogen) atoms. The van der Waals surface area contributed by atoms with Gasteiger partial charge < -0.3 is 9.84 Å². The maximum Gasteiger partial charge on any atom is 0.335 e. The van der Waals surface area contributed by atoms with E-state index in [0.717, 1.165) is 5.52 Å². The van der Waals surface area contributed by atoms with E-state index in [1.165, 1.54) is 12.1 Å². The fourth-order valence-electron chi connectivity index (χ4n) is 1.69. The van der Waals surface area contributed by atoms with Gasteiger partial charge in [0.15, 0.2) is 0 Å². The number of ether oxygens (including phenoxy) is 1. The summed E-state index contributed by atoms with van der Waals surface area (Å²) in [6.07, 6.45) is 4.95. The van der Waals surface area contributed by atoms with Gasteiger partial charge in [-0.1, -0.05) is 0 Å². The van der Waals surface area contributed by atoms with Gasteiger partial charge in [0, 0.05) is 12.4 Å². The fourth-order valence-corrected chi connectivity index (χ4v) is 1.69. The Bertz CT molecular complexity index is 734. The number of fused-ring (bicyclic) bond motifs is 1. The van der Waals surface area contributed by atoms with Crippen LogP contribution in [0, 0.1) is 0 Å². The predicted molar refractivity (Wildman–Crippen MR) is 66.5 cm³/mol. The van der Waals surface area contributed by atoms with Crippen LogP contribution in [0.5, 0.6) is 11.6 Å². The van der Waals surface area contributed by atoms with Gasteiger partial charge in [-0.3, -0.25) is 0 Å². The van der Waals surface area contributed by atoms with Crippen LogP contribution in [0.3, 0.4) is 0 Å². The average Bonchev–Trinajstić information content (AvgIpc) is 2.89. The molecule has 2 aromatic heterocycles. The molecule has 6 heteroatoms. The molecule has 0 aliphatic carbocycles. The number of hydrogen-bond donors (Lipinski definition) is 1. The van der Waals surface area contributed by atoms with Crippen molar-refractivity contribution in [1.82, 2.24) is 14.6 Å².